The number of fused-ring (bicyclic) bond motifs is 1. The van der Waals surface area contributed by atoms with E-state index in [1.807, 2.05) is 6.07 Å². The highest BCUT2D eigenvalue weighted by atomic mass is 16.1. The van der Waals surface area contributed by atoms with Crippen molar-refractivity contribution in [1.29, 1.82) is 15.8 Å². The van der Waals surface area contributed by atoms with Crippen LogP contribution >= 0.6 is 0 Å². The zero-order chi connectivity index (χ0) is 14.5. The first kappa shape index (κ1) is 13.3. The van der Waals surface area contributed by atoms with Crippen LogP contribution in [0.4, 0.5) is 5.69 Å². The number of carbonyl (C=O) groups is 1. The molecule has 0 amide bonds. The van der Waals surface area contributed by atoms with Gasteiger partial charge in [-0.25, -0.2) is 0 Å². The molecule has 2 rings (SSSR count). The van der Waals surface area contributed by atoms with Crippen LogP contribution in [0.1, 0.15) is 28.8 Å². The van der Waals surface area contributed by atoms with Crippen LogP contribution in [0, 0.1) is 34.0 Å². The molecule has 0 spiro atoms. The number of aryl methyl sites for hydroxylation is 1. The normalized spacial score (nSPS) is 12.3. The molecule has 20 heavy (non-hydrogen) atoms. The lowest BCUT2D eigenvalue weighted by Crippen LogP contribution is -2.11. The first-order valence-electron chi connectivity index (χ1n) is 6.07. The Morgan fingerprint density at radius 3 is 2.50 bits per heavy atom. The Labute approximate surface area is 116 Å². The summed E-state index contributed by atoms with van der Waals surface area (Å²) in [5, 5.41) is 29.2. The molecule has 1 aliphatic rings. The highest BCUT2D eigenvalue weighted by Gasteiger charge is 2.17. The van der Waals surface area contributed by atoms with Crippen molar-refractivity contribution in [3.8, 4) is 18.2 Å². The van der Waals surface area contributed by atoms with Crippen molar-refractivity contribution in [2.45, 2.75) is 19.3 Å². The second-order valence-corrected chi connectivity index (χ2v) is 4.36. The summed E-state index contributed by atoms with van der Waals surface area (Å²) in [6, 6.07) is 10.3. The summed E-state index contributed by atoms with van der Waals surface area (Å²) in [6.07, 6.45) is 2.25. The van der Waals surface area contributed by atoms with E-state index < -0.39 is 0 Å². The van der Waals surface area contributed by atoms with Gasteiger partial charge in [0.2, 0.25) is 0 Å². The Morgan fingerprint density at radius 2 is 1.85 bits per heavy atom. The van der Waals surface area contributed by atoms with Gasteiger partial charge in [0.05, 0.1) is 0 Å². The largest absolute Gasteiger partial charge is 0.345 e. The van der Waals surface area contributed by atoms with Crippen LogP contribution in [0.3, 0.4) is 0 Å². The van der Waals surface area contributed by atoms with Gasteiger partial charge in [-0.1, -0.05) is 6.07 Å². The van der Waals surface area contributed by atoms with Crippen molar-refractivity contribution in [2.75, 3.05) is 5.32 Å². The van der Waals surface area contributed by atoms with E-state index in [4.69, 9.17) is 15.8 Å². The van der Waals surface area contributed by atoms with Crippen molar-refractivity contribution in [3.05, 3.63) is 40.6 Å². The van der Waals surface area contributed by atoms with Gasteiger partial charge in [0.25, 0.3) is 0 Å². The number of carbonyl (C=O) groups excluding carboxylic acids is 1. The molecule has 5 heteroatoms. The molecule has 0 aromatic heterocycles. The van der Waals surface area contributed by atoms with E-state index in [9.17, 15) is 4.79 Å². The molecular weight excluding hydrogens is 252 g/mol. The number of rotatable bonds is 2. The van der Waals surface area contributed by atoms with Gasteiger partial charge in [0.15, 0.2) is 11.4 Å². The number of hydrogen-bond acceptors (Lipinski definition) is 5. The van der Waals surface area contributed by atoms with E-state index in [0.717, 1.165) is 18.4 Å². The van der Waals surface area contributed by atoms with E-state index in [2.05, 4.69) is 5.32 Å². The Morgan fingerprint density at radius 1 is 1.10 bits per heavy atom. The van der Waals surface area contributed by atoms with Gasteiger partial charge in [-0.2, -0.15) is 15.8 Å². The van der Waals surface area contributed by atoms with E-state index >= 15 is 0 Å². The lowest BCUT2D eigenvalue weighted by Gasteiger charge is -2.16. The molecule has 0 radical (unpaired) electrons. The topological polar surface area (TPSA) is 100 Å². The summed E-state index contributed by atoms with van der Waals surface area (Å²) in [7, 11) is 0. The van der Waals surface area contributed by atoms with Crippen LogP contribution in [0.25, 0.3) is 0 Å². The summed E-state index contributed by atoms with van der Waals surface area (Å²) < 4.78 is 0. The van der Waals surface area contributed by atoms with E-state index in [-0.39, 0.29) is 17.1 Å². The quantitative estimate of drug-likeness (QED) is 0.825. The number of Topliss-reactive ketones (excluding diaryl/α,β-unsaturated/α-hetero) is 1. The summed E-state index contributed by atoms with van der Waals surface area (Å²) in [5.74, 6) is 0.0816. The fraction of sp³-hybridized carbons (Fsp3) is 0.200. The van der Waals surface area contributed by atoms with Crippen LogP contribution in [-0.2, 0) is 6.42 Å². The molecule has 5 nitrogen and oxygen atoms in total. The first-order chi connectivity index (χ1) is 9.69. The Bertz CT molecular complexity index is 710. The maximum atomic E-state index is 11.8. The van der Waals surface area contributed by atoms with Crippen molar-refractivity contribution >= 4 is 11.5 Å². The van der Waals surface area contributed by atoms with Crippen LogP contribution < -0.4 is 5.32 Å². The predicted octanol–water partition coefficient (Wildman–Crippen LogP) is 2.44. The molecule has 0 saturated carbocycles. The van der Waals surface area contributed by atoms with E-state index in [1.165, 1.54) is 0 Å². The zero-order valence-electron chi connectivity index (χ0n) is 10.6. The lowest BCUT2D eigenvalue weighted by atomic mass is 9.90. The molecule has 96 valence electrons. The lowest BCUT2D eigenvalue weighted by molar-refractivity contribution is 0.0972. The molecule has 0 bridgehead atoms. The van der Waals surface area contributed by atoms with Crippen LogP contribution in [0.2, 0.25) is 0 Å². The molecule has 0 fully saturated rings. The van der Waals surface area contributed by atoms with Gasteiger partial charge in [0.1, 0.15) is 23.9 Å². The smallest absolute Gasteiger partial charge is 0.163 e. The van der Waals surface area contributed by atoms with Gasteiger partial charge in [-0.15, -0.1) is 0 Å². The zero-order valence-corrected chi connectivity index (χ0v) is 10.6. The maximum Gasteiger partial charge on any atom is 0.163 e. The highest BCUT2D eigenvalue weighted by Crippen LogP contribution is 2.25. The van der Waals surface area contributed by atoms with Gasteiger partial charge >= 0.3 is 0 Å². The number of allylic oxidation sites excluding steroid dienone is 2. The van der Waals surface area contributed by atoms with Crippen molar-refractivity contribution in [1.82, 2.24) is 0 Å². The van der Waals surface area contributed by atoms with Gasteiger partial charge in [0, 0.05) is 17.7 Å². The number of anilines is 1. The minimum absolute atomic E-state index is 0.0816. The van der Waals surface area contributed by atoms with Gasteiger partial charge in [-0.05, 0) is 30.5 Å². The molecule has 1 N–H and O–H groups in total. The Hall–Kier alpha value is -3.10. The molecule has 0 aliphatic heterocycles. The van der Waals surface area contributed by atoms with Crippen molar-refractivity contribution < 1.29 is 4.79 Å². The number of benzene rings is 1. The van der Waals surface area contributed by atoms with Crippen molar-refractivity contribution in [2.24, 2.45) is 0 Å². The predicted molar refractivity (Wildman–Crippen MR) is 71.2 cm³/mol. The highest BCUT2D eigenvalue weighted by molar-refractivity contribution is 5.99. The summed E-state index contributed by atoms with van der Waals surface area (Å²) >= 11 is 0. The fourth-order valence-corrected chi connectivity index (χ4v) is 2.13. The second kappa shape index (κ2) is 5.69. The SMILES string of the molecule is N#CC(C#N)=C(C#N)Nc1ccc2c(c1)C(=O)CCC2. The number of nitriles is 3. The number of ketones is 1. The Balaban J connectivity index is 2.37. The first-order valence-corrected chi connectivity index (χ1v) is 6.07. The second-order valence-electron chi connectivity index (χ2n) is 4.36. The number of hydrogen-bond donors (Lipinski definition) is 1. The fourth-order valence-electron chi connectivity index (χ4n) is 2.13. The molecule has 1 aliphatic carbocycles. The van der Waals surface area contributed by atoms with Crippen LogP contribution in [-0.4, -0.2) is 5.78 Å². The minimum Gasteiger partial charge on any atom is -0.345 e. The Kier molecular flexibility index (Phi) is 3.80. The minimum atomic E-state index is -0.281. The van der Waals surface area contributed by atoms with Crippen LogP contribution in [0.5, 0.6) is 0 Å². The molecular formula is C15H10N4O. The van der Waals surface area contributed by atoms with E-state index in [1.54, 1.807) is 30.3 Å². The average Bonchev–Trinajstić information content (AvgIpc) is 2.48. The third-order valence-corrected chi connectivity index (χ3v) is 3.11. The number of nitrogens with one attached hydrogen (secondary N) is 1. The molecule has 0 atom stereocenters. The molecule has 1 aromatic carbocycles. The maximum absolute atomic E-state index is 11.8. The monoisotopic (exact) mass is 262 g/mol. The molecule has 0 saturated heterocycles. The van der Waals surface area contributed by atoms with Gasteiger partial charge in [-0.3, -0.25) is 4.79 Å². The van der Waals surface area contributed by atoms with Crippen LogP contribution in [0.15, 0.2) is 29.5 Å². The van der Waals surface area contributed by atoms with Crippen molar-refractivity contribution in [3.63, 3.8) is 0 Å². The average molecular weight is 262 g/mol. The molecule has 0 heterocycles. The van der Waals surface area contributed by atoms with E-state index in [0.29, 0.717) is 17.7 Å². The third kappa shape index (κ3) is 2.51. The summed E-state index contributed by atoms with van der Waals surface area (Å²) in [4.78, 5) is 11.8. The number of nitrogens with zero attached hydrogens (tertiary/aromatic N) is 3. The molecule has 0 unspecified atom stereocenters. The third-order valence-electron chi connectivity index (χ3n) is 3.11. The summed E-state index contributed by atoms with van der Waals surface area (Å²) in [5.41, 5.74) is 1.78. The summed E-state index contributed by atoms with van der Waals surface area (Å²) in [6.45, 7) is 0. The standard InChI is InChI=1S/C15H10N4O/c16-7-11(8-17)14(9-18)19-12-5-4-10-2-1-3-15(20)13(10)6-12/h4-6,19H,1-3H2. The van der Waals surface area contributed by atoms with Gasteiger partial charge < -0.3 is 5.32 Å². The molecule has 1 aromatic rings.